The van der Waals surface area contributed by atoms with E-state index in [9.17, 15) is 4.79 Å². The largest absolute Gasteiger partial charge is 0.360 e. The summed E-state index contributed by atoms with van der Waals surface area (Å²) in [4.78, 5) is 17.8. The quantitative estimate of drug-likeness (QED) is 0.879. The van der Waals surface area contributed by atoms with Crippen molar-refractivity contribution in [3.63, 3.8) is 0 Å². The molecule has 3 N–H and O–H groups in total. The predicted octanol–water partition coefficient (Wildman–Crippen LogP) is 2.22. The average Bonchev–Trinajstić information content (AvgIpc) is 2.91. The van der Waals surface area contributed by atoms with Gasteiger partial charge in [0.2, 0.25) is 0 Å². The summed E-state index contributed by atoms with van der Waals surface area (Å²) < 4.78 is 0. The molecule has 2 aromatic rings. The number of rotatable bonds is 2. The fourth-order valence-corrected chi connectivity index (χ4v) is 3.06. The van der Waals surface area contributed by atoms with Crippen LogP contribution < -0.4 is 5.73 Å². The zero-order chi connectivity index (χ0) is 14.1. The highest BCUT2D eigenvalue weighted by Crippen LogP contribution is 2.25. The fourth-order valence-electron chi connectivity index (χ4n) is 3.06. The van der Waals surface area contributed by atoms with Gasteiger partial charge in [0.05, 0.1) is 5.56 Å². The third-order valence-electron chi connectivity index (χ3n) is 4.52. The highest BCUT2D eigenvalue weighted by molar-refractivity contribution is 6.06. The van der Waals surface area contributed by atoms with E-state index in [1.54, 1.807) is 0 Å². The average molecular weight is 271 g/mol. The van der Waals surface area contributed by atoms with Gasteiger partial charge in [-0.3, -0.25) is 4.79 Å². The van der Waals surface area contributed by atoms with Crippen LogP contribution in [0.3, 0.4) is 0 Å². The molecule has 0 spiro atoms. The summed E-state index contributed by atoms with van der Waals surface area (Å²) in [6.07, 6.45) is 2.86. The van der Waals surface area contributed by atoms with Crippen LogP contribution in [0.4, 0.5) is 0 Å². The predicted molar refractivity (Wildman–Crippen MR) is 80.5 cm³/mol. The first-order valence-electron chi connectivity index (χ1n) is 7.26. The van der Waals surface area contributed by atoms with Crippen LogP contribution in [-0.4, -0.2) is 35.4 Å². The van der Waals surface area contributed by atoms with Crippen LogP contribution in [0.2, 0.25) is 0 Å². The highest BCUT2D eigenvalue weighted by Gasteiger charge is 2.29. The number of piperidine rings is 1. The van der Waals surface area contributed by atoms with Crippen molar-refractivity contribution in [3.05, 3.63) is 36.0 Å². The molecule has 1 aromatic heterocycles. The molecule has 1 fully saturated rings. The van der Waals surface area contributed by atoms with Crippen LogP contribution in [0.15, 0.2) is 30.5 Å². The minimum Gasteiger partial charge on any atom is -0.360 e. The van der Waals surface area contributed by atoms with Crippen molar-refractivity contribution in [1.82, 2.24) is 9.88 Å². The summed E-state index contributed by atoms with van der Waals surface area (Å²) >= 11 is 0. The molecule has 1 aliphatic rings. The molecule has 2 unspecified atom stereocenters. The molecular formula is C16H21N3O. The summed E-state index contributed by atoms with van der Waals surface area (Å²) in [5.74, 6) is 1.14. The lowest BCUT2D eigenvalue weighted by atomic mass is 9.87. The van der Waals surface area contributed by atoms with Crippen LogP contribution in [0, 0.1) is 11.8 Å². The molecule has 0 saturated carbocycles. The van der Waals surface area contributed by atoms with E-state index in [1.165, 1.54) is 0 Å². The number of amides is 1. The zero-order valence-corrected chi connectivity index (χ0v) is 11.8. The van der Waals surface area contributed by atoms with E-state index in [0.717, 1.165) is 36.0 Å². The van der Waals surface area contributed by atoms with Crippen molar-refractivity contribution < 1.29 is 4.79 Å². The Morgan fingerprint density at radius 2 is 2.25 bits per heavy atom. The Hall–Kier alpha value is -1.81. The zero-order valence-electron chi connectivity index (χ0n) is 11.8. The molecule has 3 rings (SSSR count). The van der Waals surface area contributed by atoms with E-state index < -0.39 is 0 Å². The minimum absolute atomic E-state index is 0.118. The second-order valence-electron chi connectivity index (χ2n) is 5.76. The molecule has 4 heteroatoms. The van der Waals surface area contributed by atoms with E-state index in [-0.39, 0.29) is 5.91 Å². The van der Waals surface area contributed by atoms with E-state index in [2.05, 4.69) is 11.9 Å². The summed E-state index contributed by atoms with van der Waals surface area (Å²) in [5, 5.41) is 1.00. The van der Waals surface area contributed by atoms with Gasteiger partial charge in [0.1, 0.15) is 0 Å². The third-order valence-corrected chi connectivity index (χ3v) is 4.52. The van der Waals surface area contributed by atoms with E-state index in [1.807, 2.05) is 35.4 Å². The Morgan fingerprint density at radius 3 is 3.05 bits per heavy atom. The van der Waals surface area contributed by atoms with Gasteiger partial charge in [0, 0.05) is 30.2 Å². The number of likely N-dealkylation sites (tertiary alicyclic amines) is 1. The number of para-hydroxylation sites is 1. The lowest BCUT2D eigenvalue weighted by molar-refractivity contribution is 0.0620. The number of nitrogens with one attached hydrogen (secondary N) is 1. The molecule has 106 valence electrons. The van der Waals surface area contributed by atoms with E-state index in [4.69, 9.17) is 5.73 Å². The maximum Gasteiger partial charge on any atom is 0.256 e. The van der Waals surface area contributed by atoms with Gasteiger partial charge in [-0.25, -0.2) is 0 Å². The standard InChI is InChI=1S/C16H21N3O/c1-11-6-7-19(10-12(11)8-17)16(20)14-9-18-15-5-3-2-4-13(14)15/h2-5,9,11-12,18H,6-8,10,17H2,1H3. The molecule has 0 bridgehead atoms. The van der Waals surface area contributed by atoms with Gasteiger partial charge in [-0.15, -0.1) is 0 Å². The maximum atomic E-state index is 12.7. The first kappa shape index (κ1) is 13.2. The number of H-pyrrole nitrogens is 1. The van der Waals surface area contributed by atoms with Gasteiger partial charge in [-0.2, -0.15) is 0 Å². The van der Waals surface area contributed by atoms with Gasteiger partial charge in [-0.05, 0) is 30.9 Å². The first-order chi connectivity index (χ1) is 9.70. The fraction of sp³-hybridized carbons (Fsp3) is 0.438. The first-order valence-corrected chi connectivity index (χ1v) is 7.26. The van der Waals surface area contributed by atoms with Crippen LogP contribution in [0.1, 0.15) is 23.7 Å². The Morgan fingerprint density at radius 1 is 1.45 bits per heavy atom. The topological polar surface area (TPSA) is 62.1 Å². The number of aromatic amines is 1. The number of nitrogens with zero attached hydrogens (tertiary/aromatic N) is 1. The monoisotopic (exact) mass is 271 g/mol. The molecular weight excluding hydrogens is 250 g/mol. The Bertz CT molecular complexity index is 619. The molecule has 2 atom stereocenters. The molecule has 1 amide bonds. The molecule has 2 heterocycles. The number of carbonyl (C=O) groups is 1. The van der Waals surface area contributed by atoms with E-state index in [0.29, 0.717) is 18.4 Å². The van der Waals surface area contributed by atoms with Gasteiger partial charge in [0.25, 0.3) is 5.91 Å². The molecule has 1 aromatic carbocycles. The molecule has 0 radical (unpaired) electrons. The molecule has 4 nitrogen and oxygen atoms in total. The minimum atomic E-state index is 0.118. The summed E-state index contributed by atoms with van der Waals surface area (Å²) in [6, 6.07) is 7.92. The van der Waals surface area contributed by atoms with Crippen molar-refractivity contribution >= 4 is 16.8 Å². The van der Waals surface area contributed by atoms with E-state index >= 15 is 0 Å². The lowest BCUT2D eigenvalue weighted by Crippen LogP contribution is -2.45. The molecule has 20 heavy (non-hydrogen) atoms. The number of benzene rings is 1. The van der Waals surface area contributed by atoms with Crippen molar-refractivity contribution in [2.45, 2.75) is 13.3 Å². The lowest BCUT2D eigenvalue weighted by Gasteiger charge is -2.36. The number of fused-ring (bicyclic) bond motifs is 1. The Balaban J connectivity index is 1.85. The number of carbonyl (C=O) groups excluding carboxylic acids is 1. The van der Waals surface area contributed by atoms with Crippen LogP contribution in [-0.2, 0) is 0 Å². The second-order valence-corrected chi connectivity index (χ2v) is 5.76. The SMILES string of the molecule is CC1CCN(C(=O)c2c[nH]c3ccccc23)CC1CN. The van der Waals surface area contributed by atoms with Crippen LogP contribution >= 0.6 is 0 Å². The Labute approximate surface area is 118 Å². The van der Waals surface area contributed by atoms with Crippen molar-refractivity contribution in [1.29, 1.82) is 0 Å². The number of nitrogens with two attached hydrogens (primary N) is 1. The van der Waals surface area contributed by atoms with Crippen molar-refractivity contribution in [3.8, 4) is 0 Å². The molecule has 1 aliphatic heterocycles. The smallest absolute Gasteiger partial charge is 0.256 e. The normalized spacial score (nSPS) is 23.2. The number of hydrogen-bond donors (Lipinski definition) is 2. The molecule has 1 saturated heterocycles. The van der Waals surface area contributed by atoms with Crippen molar-refractivity contribution in [2.75, 3.05) is 19.6 Å². The number of hydrogen-bond acceptors (Lipinski definition) is 2. The molecule has 0 aliphatic carbocycles. The summed E-state index contributed by atoms with van der Waals surface area (Å²) in [6.45, 7) is 4.48. The third kappa shape index (κ3) is 2.20. The van der Waals surface area contributed by atoms with Gasteiger partial charge >= 0.3 is 0 Å². The van der Waals surface area contributed by atoms with Gasteiger partial charge in [0.15, 0.2) is 0 Å². The second kappa shape index (κ2) is 5.29. The van der Waals surface area contributed by atoms with Gasteiger partial charge in [-0.1, -0.05) is 25.1 Å². The maximum absolute atomic E-state index is 12.7. The number of aromatic nitrogens is 1. The Kier molecular flexibility index (Phi) is 3.49. The summed E-state index contributed by atoms with van der Waals surface area (Å²) in [5.41, 5.74) is 7.60. The summed E-state index contributed by atoms with van der Waals surface area (Å²) in [7, 11) is 0. The highest BCUT2D eigenvalue weighted by atomic mass is 16.2. The van der Waals surface area contributed by atoms with Crippen molar-refractivity contribution in [2.24, 2.45) is 17.6 Å². The van der Waals surface area contributed by atoms with Gasteiger partial charge < -0.3 is 15.6 Å². The van der Waals surface area contributed by atoms with Crippen LogP contribution in [0.25, 0.3) is 10.9 Å². The van der Waals surface area contributed by atoms with Crippen LogP contribution in [0.5, 0.6) is 0 Å².